The Morgan fingerprint density at radius 2 is 0.849 bits per heavy atom. The summed E-state index contributed by atoms with van der Waals surface area (Å²) in [6.45, 7) is 4.48. The van der Waals surface area contributed by atoms with Gasteiger partial charge >= 0.3 is 0 Å². The molecule has 0 saturated heterocycles. The molecule has 0 radical (unpaired) electrons. The van der Waals surface area contributed by atoms with Crippen LogP contribution in [0.5, 0.6) is 0 Å². The Morgan fingerprint density at radius 1 is 0.493 bits per heavy atom. The average molecular weight is 1030 g/mol. The van der Waals surface area contributed by atoms with Crippen molar-refractivity contribution in [2.75, 3.05) is 40.9 Å². The number of nitrogens with one attached hydrogen (secondary N) is 1. The molecule has 3 unspecified atom stereocenters. The summed E-state index contributed by atoms with van der Waals surface area (Å²) in [4.78, 5) is 25.5. The van der Waals surface area contributed by atoms with Gasteiger partial charge in [0.15, 0.2) is 0 Å². The lowest BCUT2D eigenvalue weighted by atomic mass is 10.1. The number of unbranched alkanes of at least 4 members (excludes halogenated alkanes) is 18. The van der Waals surface area contributed by atoms with Gasteiger partial charge in [-0.05, 0) is 109 Å². The monoisotopic (exact) mass is 1030 g/mol. The van der Waals surface area contributed by atoms with Crippen molar-refractivity contribution in [1.82, 2.24) is 5.32 Å². The minimum atomic E-state index is -4.62. The molecule has 9 heteroatoms. The molecular formula is C64H109N2O6P. The van der Waals surface area contributed by atoms with Crippen LogP contribution in [0, 0.1) is 0 Å². The van der Waals surface area contributed by atoms with Gasteiger partial charge in [-0.15, -0.1) is 0 Å². The molecule has 0 aromatic rings. The minimum absolute atomic E-state index is 0.0197. The largest absolute Gasteiger partial charge is 0.756 e. The van der Waals surface area contributed by atoms with Crippen LogP contribution in [0.1, 0.15) is 213 Å². The van der Waals surface area contributed by atoms with Gasteiger partial charge < -0.3 is 28.8 Å². The number of carbonyl (C=O) groups excluding carboxylic acids is 1. The number of hydrogen-bond acceptors (Lipinski definition) is 6. The molecule has 0 saturated carbocycles. The third-order valence-electron chi connectivity index (χ3n) is 12.1. The maximum Gasteiger partial charge on any atom is 0.268 e. The highest BCUT2D eigenvalue weighted by molar-refractivity contribution is 7.45. The van der Waals surface area contributed by atoms with Crippen molar-refractivity contribution >= 4 is 13.7 Å². The van der Waals surface area contributed by atoms with Crippen molar-refractivity contribution in [3.8, 4) is 0 Å². The summed E-state index contributed by atoms with van der Waals surface area (Å²) in [7, 11) is 1.20. The Morgan fingerprint density at radius 3 is 1.27 bits per heavy atom. The van der Waals surface area contributed by atoms with Gasteiger partial charge in [0.05, 0.1) is 39.9 Å². The molecule has 0 aromatic heterocycles. The number of hydrogen-bond donors (Lipinski definition) is 2. The summed E-state index contributed by atoms with van der Waals surface area (Å²) in [5, 5.41) is 13.8. The molecule has 2 N–H and O–H groups in total. The first-order valence-corrected chi connectivity index (χ1v) is 30.5. The van der Waals surface area contributed by atoms with E-state index in [1.807, 2.05) is 27.2 Å². The zero-order valence-corrected chi connectivity index (χ0v) is 48.2. The average Bonchev–Trinajstić information content (AvgIpc) is 3.35. The first kappa shape index (κ1) is 69.6. The standard InChI is InChI=1S/C64H109N2O6P/c1-6-8-10-12-14-16-18-20-22-24-26-28-29-30-31-32-33-34-35-36-37-38-40-42-44-46-48-50-52-54-56-58-64(68)65-62(61-72-73(69,70)71-60-59-66(3,4)5)63(67)57-55-53-51-49-47-45-43-41-39-27-25-23-21-19-17-15-13-11-9-7-2/h8,10,14,16,20,22,26,28,30-31,33-34,36-37,39-42,47,49,55,57,62-63,67H,6-7,9,11-13,15,17-19,21,23-25,27,29,32,35,38,43-46,48,50-54,56,58-61H2,1-5H3,(H-,65,68,69,70)/b10-8-,16-14-,22-20-,28-26-,31-30-,34-33-,37-36-,41-39+,42-40-,49-47+,57-55+. The molecule has 0 spiro atoms. The number of nitrogens with zero attached hydrogens (tertiary/aromatic N) is 1. The number of allylic oxidation sites excluding steroid dienone is 21. The van der Waals surface area contributed by atoms with E-state index in [0.29, 0.717) is 17.4 Å². The summed E-state index contributed by atoms with van der Waals surface area (Å²) in [6.07, 6.45) is 81.0. The van der Waals surface area contributed by atoms with E-state index < -0.39 is 26.6 Å². The second-order valence-corrected chi connectivity index (χ2v) is 21.7. The van der Waals surface area contributed by atoms with Gasteiger partial charge in [0.25, 0.3) is 7.82 Å². The van der Waals surface area contributed by atoms with Gasteiger partial charge in [-0.3, -0.25) is 9.36 Å². The van der Waals surface area contributed by atoms with Crippen molar-refractivity contribution < 1.29 is 32.9 Å². The van der Waals surface area contributed by atoms with E-state index in [4.69, 9.17) is 9.05 Å². The van der Waals surface area contributed by atoms with Gasteiger partial charge in [-0.1, -0.05) is 231 Å². The molecule has 73 heavy (non-hydrogen) atoms. The number of amides is 1. The molecule has 0 aliphatic rings. The summed E-state index contributed by atoms with van der Waals surface area (Å²) >= 11 is 0. The maximum absolute atomic E-state index is 13.0. The Bertz CT molecular complexity index is 1640. The van der Waals surface area contributed by atoms with Crippen LogP contribution in [-0.4, -0.2) is 68.5 Å². The molecule has 0 aliphatic carbocycles. The fourth-order valence-corrected chi connectivity index (χ4v) is 8.28. The molecular weight excluding hydrogens is 924 g/mol. The first-order valence-electron chi connectivity index (χ1n) is 29.0. The van der Waals surface area contributed by atoms with Gasteiger partial charge in [0.1, 0.15) is 13.2 Å². The van der Waals surface area contributed by atoms with Crippen LogP contribution in [0.15, 0.2) is 134 Å². The second-order valence-electron chi connectivity index (χ2n) is 20.2. The van der Waals surface area contributed by atoms with E-state index in [1.165, 1.54) is 70.6 Å². The van der Waals surface area contributed by atoms with Gasteiger partial charge in [0, 0.05) is 6.42 Å². The maximum atomic E-state index is 13.0. The third kappa shape index (κ3) is 56.2. The molecule has 0 heterocycles. The van der Waals surface area contributed by atoms with Crippen molar-refractivity contribution in [2.24, 2.45) is 0 Å². The van der Waals surface area contributed by atoms with Gasteiger partial charge in [0.2, 0.25) is 5.91 Å². The number of aliphatic hydroxyl groups is 1. The van der Waals surface area contributed by atoms with Gasteiger partial charge in [-0.25, -0.2) is 0 Å². The Hall–Kier alpha value is -3.36. The third-order valence-corrected chi connectivity index (χ3v) is 13.0. The van der Waals surface area contributed by atoms with Crippen LogP contribution in [0.4, 0.5) is 0 Å². The lowest BCUT2D eigenvalue weighted by molar-refractivity contribution is -0.870. The summed E-state index contributed by atoms with van der Waals surface area (Å²) in [5.41, 5.74) is 0. The number of phosphoric ester groups is 1. The first-order chi connectivity index (χ1) is 35.5. The van der Waals surface area contributed by atoms with Crippen LogP contribution in [0.25, 0.3) is 0 Å². The van der Waals surface area contributed by atoms with Crippen LogP contribution in [0.2, 0.25) is 0 Å². The van der Waals surface area contributed by atoms with Crippen molar-refractivity contribution in [1.29, 1.82) is 0 Å². The van der Waals surface area contributed by atoms with Crippen LogP contribution in [0.3, 0.4) is 0 Å². The van der Waals surface area contributed by atoms with Crippen LogP contribution in [-0.2, 0) is 18.4 Å². The Balaban J connectivity index is 4.35. The van der Waals surface area contributed by atoms with E-state index in [0.717, 1.165) is 122 Å². The predicted molar refractivity (Wildman–Crippen MR) is 315 cm³/mol. The molecule has 1 amide bonds. The van der Waals surface area contributed by atoms with E-state index in [1.54, 1.807) is 6.08 Å². The molecule has 0 rings (SSSR count). The van der Waals surface area contributed by atoms with E-state index in [-0.39, 0.29) is 12.5 Å². The van der Waals surface area contributed by atoms with Crippen molar-refractivity contribution in [3.05, 3.63) is 134 Å². The van der Waals surface area contributed by atoms with E-state index in [9.17, 15) is 19.4 Å². The van der Waals surface area contributed by atoms with E-state index in [2.05, 4.69) is 141 Å². The predicted octanol–water partition coefficient (Wildman–Crippen LogP) is 17.3. The lowest BCUT2D eigenvalue weighted by Gasteiger charge is -2.29. The SMILES string of the molecule is CC/C=C\C/C=C\C/C=C\C/C=C\C/C=C\C/C=C\C/C=C\C/C=C\CCCCCCCCC(=O)NC(COP(=O)([O-])OCC[N+](C)(C)C)C(O)/C=C/CC/C=C/CC/C=C/CCCCCCCCCCCC. The fourth-order valence-electron chi connectivity index (χ4n) is 7.55. The summed E-state index contributed by atoms with van der Waals surface area (Å²) < 4.78 is 23.3. The Kier molecular flexibility index (Phi) is 51.0. The highest BCUT2D eigenvalue weighted by Crippen LogP contribution is 2.38. The highest BCUT2D eigenvalue weighted by atomic mass is 31.2. The number of aliphatic hydroxyl groups excluding tert-OH is 1. The zero-order valence-electron chi connectivity index (χ0n) is 47.3. The number of rotatable bonds is 51. The van der Waals surface area contributed by atoms with Crippen LogP contribution >= 0.6 is 7.82 Å². The summed E-state index contributed by atoms with van der Waals surface area (Å²) in [5.74, 6) is -0.232. The van der Waals surface area contributed by atoms with Gasteiger partial charge in [-0.2, -0.15) is 0 Å². The molecule has 8 nitrogen and oxygen atoms in total. The zero-order chi connectivity index (χ0) is 53.5. The van der Waals surface area contributed by atoms with Crippen LogP contribution < -0.4 is 10.2 Å². The molecule has 0 aliphatic heterocycles. The molecule has 0 aromatic carbocycles. The number of likely N-dealkylation sites (N-methyl/N-ethyl adjacent to an activating group) is 1. The molecule has 3 atom stereocenters. The van der Waals surface area contributed by atoms with Crippen molar-refractivity contribution in [3.63, 3.8) is 0 Å². The number of quaternary nitrogens is 1. The lowest BCUT2D eigenvalue weighted by Crippen LogP contribution is -2.45. The van der Waals surface area contributed by atoms with Crippen molar-refractivity contribution in [2.45, 2.75) is 225 Å². The molecule has 0 bridgehead atoms. The number of phosphoric acid groups is 1. The smallest absolute Gasteiger partial charge is 0.268 e. The fraction of sp³-hybridized carbons (Fsp3) is 0.641. The van der Waals surface area contributed by atoms with E-state index >= 15 is 0 Å². The second kappa shape index (κ2) is 53.5. The minimum Gasteiger partial charge on any atom is -0.756 e. The Labute approximate surface area is 449 Å². The normalized spacial score (nSPS) is 14.9. The topological polar surface area (TPSA) is 108 Å². The number of carbonyl (C=O) groups is 1. The summed E-state index contributed by atoms with van der Waals surface area (Å²) in [6, 6.07) is -0.929. The molecule has 416 valence electrons. The highest BCUT2D eigenvalue weighted by Gasteiger charge is 2.23. The molecule has 0 fully saturated rings. The quantitative estimate of drug-likeness (QED) is 0.0272.